The Balaban J connectivity index is 1.74. The number of nitrogens with one attached hydrogen (secondary N) is 1. The minimum Gasteiger partial charge on any atom is -0.344 e. The molecule has 24 heavy (non-hydrogen) atoms. The summed E-state index contributed by atoms with van der Waals surface area (Å²) in [6, 6.07) is 7.44. The van der Waals surface area contributed by atoms with Gasteiger partial charge in [-0.1, -0.05) is 30.7 Å². The van der Waals surface area contributed by atoms with Crippen molar-refractivity contribution in [2.24, 2.45) is 7.05 Å². The van der Waals surface area contributed by atoms with Crippen molar-refractivity contribution < 1.29 is 4.79 Å². The molecule has 124 valence electrons. The van der Waals surface area contributed by atoms with Gasteiger partial charge in [0.2, 0.25) is 0 Å². The summed E-state index contributed by atoms with van der Waals surface area (Å²) in [5, 5.41) is 10.4. The highest BCUT2D eigenvalue weighted by molar-refractivity contribution is 7.13. The number of rotatable bonds is 5. The molecule has 0 spiro atoms. The Hall–Kier alpha value is -2.18. The average Bonchev–Trinajstić information content (AvgIpc) is 3.22. The Bertz CT molecular complexity index is 840. The predicted octanol–water partition coefficient (Wildman–Crippen LogP) is 4.08. The number of amides is 1. The van der Waals surface area contributed by atoms with Crippen molar-refractivity contribution in [1.82, 2.24) is 20.1 Å². The van der Waals surface area contributed by atoms with Crippen LogP contribution in [0.4, 0.5) is 0 Å². The van der Waals surface area contributed by atoms with Gasteiger partial charge in [-0.2, -0.15) is 5.10 Å². The van der Waals surface area contributed by atoms with Gasteiger partial charge in [-0.3, -0.25) is 9.48 Å². The van der Waals surface area contributed by atoms with Crippen molar-refractivity contribution in [3.8, 4) is 10.6 Å². The van der Waals surface area contributed by atoms with Crippen LogP contribution in [0.2, 0.25) is 5.02 Å². The Morgan fingerprint density at radius 3 is 2.75 bits per heavy atom. The molecule has 5 nitrogen and oxygen atoms in total. The molecule has 0 bridgehead atoms. The summed E-state index contributed by atoms with van der Waals surface area (Å²) in [5.74, 6) is -0.178. The summed E-state index contributed by atoms with van der Waals surface area (Å²) in [7, 11) is 1.85. The summed E-state index contributed by atoms with van der Waals surface area (Å²) in [4.78, 5) is 16.9. The van der Waals surface area contributed by atoms with Crippen LogP contribution in [0.15, 0.2) is 42.0 Å². The van der Waals surface area contributed by atoms with Crippen molar-refractivity contribution in [3.05, 3.63) is 58.3 Å². The zero-order valence-electron chi connectivity index (χ0n) is 13.4. The number of benzene rings is 1. The molecule has 1 aromatic carbocycles. The van der Waals surface area contributed by atoms with Crippen LogP contribution >= 0.6 is 22.9 Å². The molecule has 0 fully saturated rings. The molecule has 0 radical (unpaired) electrons. The quantitative estimate of drug-likeness (QED) is 0.745. The van der Waals surface area contributed by atoms with Crippen LogP contribution in [0.5, 0.6) is 0 Å². The summed E-state index contributed by atoms with van der Waals surface area (Å²) in [5.41, 5.74) is 2.36. The second-order valence-corrected chi connectivity index (χ2v) is 6.72. The molecule has 0 saturated carbocycles. The van der Waals surface area contributed by atoms with E-state index >= 15 is 0 Å². The number of hydrogen-bond donors (Lipinski definition) is 1. The van der Waals surface area contributed by atoms with Crippen molar-refractivity contribution in [3.63, 3.8) is 0 Å². The Morgan fingerprint density at radius 2 is 2.12 bits per heavy atom. The van der Waals surface area contributed by atoms with Crippen LogP contribution in [-0.2, 0) is 7.05 Å². The summed E-state index contributed by atoms with van der Waals surface area (Å²) in [6.07, 6.45) is 4.40. The van der Waals surface area contributed by atoms with Crippen LogP contribution in [0.3, 0.4) is 0 Å². The first-order valence-electron chi connectivity index (χ1n) is 7.57. The zero-order chi connectivity index (χ0) is 17.1. The van der Waals surface area contributed by atoms with Crippen LogP contribution in [0.1, 0.15) is 35.4 Å². The monoisotopic (exact) mass is 360 g/mol. The summed E-state index contributed by atoms with van der Waals surface area (Å²) < 4.78 is 1.71. The van der Waals surface area contributed by atoms with Crippen molar-refractivity contribution in [1.29, 1.82) is 0 Å². The van der Waals surface area contributed by atoms with Gasteiger partial charge in [0.15, 0.2) is 0 Å². The van der Waals surface area contributed by atoms with E-state index in [1.54, 1.807) is 16.3 Å². The van der Waals surface area contributed by atoms with E-state index in [9.17, 15) is 4.79 Å². The maximum atomic E-state index is 12.5. The molecule has 0 aliphatic carbocycles. The van der Waals surface area contributed by atoms with Gasteiger partial charge in [0.1, 0.15) is 10.7 Å². The van der Waals surface area contributed by atoms with E-state index in [1.807, 2.05) is 44.4 Å². The van der Waals surface area contributed by atoms with Crippen molar-refractivity contribution in [2.45, 2.75) is 19.4 Å². The zero-order valence-corrected chi connectivity index (χ0v) is 14.9. The molecule has 3 aromatic rings. The lowest BCUT2D eigenvalue weighted by Gasteiger charge is -2.16. The topological polar surface area (TPSA) is 59.8 Å². The Labute approximate surface area is 149 Å². The molecule has 2 aromatic heterocycles. The second kappa shape index (κ2) is 7.15. The van der Waals surface area contributed by atoms with Gasteiger partial charge >= 0.3 is 0 Å². The van der Waals surface area contributed by atoms with E-state index in [0.717, 1.165) is 22.6 Å². The number of thiazole rings is 1. The maximum absolute atomic E-state index is 12.5. The molecular formula is C17H17ClN4OS. The highest BCUT2D eigenvalue weighted by Gasteiger charge is 2.17. The number of aromatic nitrogens is 3. The van der Waals surface area contributed by atoms with E-state index in [2.05, 4.69) is 15.4 Å². The number of nitrogens with zero attached hydrogens (tertiary/aromatic N) is 3. The fourth-order valence-electron chi connectivity index (χ4n) is 2.39. The Morgan fingerprint density at radius 1 is 1.38 bits per heavy atom. The minimum atomic E-state index is -0.178. The maximum Gasteiger partial charge on any atom is 0.271 e. The highest BCUT2D eigenvalue weighted by atomic mass is 35.5. The number of carbonyl (C=O) groups is 1. The molecule has 1 unspecified atom stereocenters. The normalized spacial score (nSPS) is 12.1. The fourth-order valence-corrected chi connectivity index (χ4v) is 3.29. The molecule has 7 heteroatoms. The molecule has 1 atom stereocenters. The molecule has 3 rings (SSSR count). The van der Waals surface area contributed by atoms with Gasteiger partial charge in [0, 0.05) is 29.2 Å². The largest absolute Gasteiger partial charge is 0.344 e. The van der Waals surface area contributed by atoms with Gasteiger partial charge in [-0.25, -0.2) is 4.98 Å². The van der Waals surface area contributed by atoms with Crippen LogP contribution < -0.4 is 5.32 Å². The third kappa shape index (κ3) is 3.66. The lowest BCUT2D eigenvalue weighted by Crippen LogP contribution is -2.28. The fraction of sp³-hybridized carbons (Fsp3) is 0.235. The van der Waals surface area contributed by atoms with Gasteiger partial charge < -0.3 is 5.32 Å². The Kier molecular flexibility index (Phi) is 4.97. The van der Waals surface area contributed by atoms with Gasteiger partial charge in [0.25, 0.3) is 5.91 Å². The number of carbonyl (C=O) groups excluding carboxylic acids is 1. The predicted molar refractivity (Wildman–Crippen MR) is 96.3 cm³/mol. The molecule has 0 aliphatic rings. The average molecular weight is 361 g/mol. The lowest BCUT2D eigenvalue weighted by molar-refractivity contribution is 0.0931. The smallest absolute Gasteiger partial charge is 0.271 e. The molecule has 1 amide bonds. The lowest BCUT2D eigenvalue weighted by atomic mass is 10.0. The van der Waals surface area contributed by atoms with E-state index in [1.165, 1.54) is 11.3 Å². The van der Waals surface area contributed by atoms with E-state index in [4.69, 9.17) is 11.6 Å². The molecule has 0 aliphatic heterocycles. The first kappa shape index (κ1) is 16.7. The summed E-state index contributed by atoms with van der Waals surface area (Å²) in [6.45, 7) is 2.03. The molecule has 1 N–H and O–H groups in total. The van der Waals surface area contributed by atoms with Gasteiger partial charge in [0.05, 0.1) is 12.2 Å². The number of hydrogen-bond acceptors (Lipinski definition) is 4. The van der Waals surface area contributed by atoms with E-state index in [-0.39, 0.29) is 11.9 Å². The van der Waals surface area contributed by atoms with E-state index in [0.29, 0.717) is 10.7 Å². The van der Waals surface area contributed by atoms with Crippen LogP contribution in [0, 0.1) is 0 Å². The number of aryl methyl sites for hydroxylation is 1. The molecule has 2 heterocycles. The highest BCUT2D eigenvalue weighted by Crippen LogP contribution is 2.24. The van der Waals surface area contributed by atoms with Crippen LogP contribution in [-0.4, -0.2) is 20.7 Å². The van der Waals surface area contributed by atoms with Gasteiger partial charge in [-0.15, -0.1) is 11.3 Å². The SMILES string of the molecule is CCC(NC(=O)c1csc(-c2cnn(C)c2)n1)c1ccc(Cl)cc1. The third-order valence-corrected chi connectivity index (χ3v) is 4.82. The molecule has 0 saturated heterocycles. The molecular weight excluding hydrogens is 344 g/mol. The third-order valence-electron chi connectivity index (χ3n) is 3.67. The standard InChI is InChI=1S/C17H17ClN4OS/c1-3-14(11-4-6-13(18)7-5-11)20-16(23)15-10-24-17(21-15)12-8-19-22(2)9-12/h4-10,14H,3H2,1-2H3,(H,20,23). The number of halogens is 1. The summed E-state index contributed by atoms with van der Waals surface area (Å²) >= 11 is 7.36. The van der Waals surface area contributed by atoms with Crippen LogP contribution in [0.25, 0.3) is 10.6 Å². The first-order valence-corrected chi connectivity index (χ1v) is 8.83. The van der Waals surface area contributed by atoms with Gasteiger partial charge in [-0.05, 0) is 24.1 Å². The van der Waals surface area contributed by atoms with E-state index < -0.39 is 0 Å². The minimum absolute atomic E-state index is 0.0710. The second-order valence-electron chi connectivity index (χ2n) is 5.43. The van der Waals surface area contributed by atoms with Crippen molar-refractivity contribution >= 4 is 28.8 Å². The van der Waals surface area contributed by atoms with Crippen molar-refractivity contribution in [2.75, 3.05) is 0 Å². The first-order chi connectivity index (χ1) is 11.6.